The summed E-state index contributed by atoms with van der Waals surface area (Å²) in [4.78, 5) is 20.1. The predicted octanol–water partition coefficient (Wildman–Crippen LogP) is 2.12. The molecule has 146 valence electrons. The quantitative estimate of drug-likeness (QED) is 0.876. The minimum atomic E-state index is -0.634. The van der Waals surface area contributed by atoms with Crippen LogP contribution in [-0.4, -0.2) is 53.7 Å². The zero-order chi connectivity index (χ0) is 19.7. The second-order valence-electron chi connectivity index (χ2n) is 6.78. The number of hydrogen-bond donors (Lipinski definition) is 1. The molecule has 0 spiro atoms. The highest BCUT2D eigenvalue weighted by atomic mass is 19.1. The maximum atomic E-state index is 14.2. The first-order valence-electron chi connectivity index (χ1n) is 8.99. The van der Waals surface area contributed by atoms with E-state index in [4.69, 9.17) is 4.74 Å². The Morgan fingerprint density at radius 1 is 1.21 bits per heavy atom. The molecule has 0 aliphatic carbocycles. The van der Waals surface area contributed by atoms with Crippen LogP contribution in [0, 0.1) is 11.6 Å². The van der Waals surface area contributed by atoms with Crippen molar-refractivity contribution in [3.8, 4) is 0 Å². The van der Waals surface area contributed by atoms with E-state index < -0.39 is 24.0 Å². The molecule has 1 unspecified atom stereocenters. The Labute approximate surface area is 161 Å². The van der Waals surface area contributed by atoms with Gasteiger partial charge in [0.1, 0.15) is 11.6 Å². The molecule has 2 atom stereocenters. The number of nitrogens with one attached hydrogen (secondary N) is 1. The van der Waals surface area contributed by atoms with Crippen molar-refractivity contribution >= 4 is 11.6 Å². The van der Waals surface area contributed by atoms with Gasteiger partial charge in [0.2, 0.25) is 0 Å². The summed E-state index contributed by atoms with van der Waals surface area (Å²) >= 11 is 0. The molecule has 1 amide bonds. The molecule has 0 saturated carbocycles. The lowest BCUT2D eigenvalue weighted by Gasteiger charge is -2.44. The van der Waals surface area contributed by atoms with Crippen LogP contribution in [0.15, 0.2) is 48.8 Å². The van der Waals surface area contributed by atoms with E-state index in [0.717, 1.165) is 11.6 Å². The Balaban J connectivity index is 1.56. The van der Waals surface area contributed by atoms with Crippen molar-refractivity contribution in [1.82, 2.24) is 20.1 Å². The van der Waals surface area contributed by atoms with Gasteiger partial charge in [0, 0.05) is 61.5 Å². The van der Waals surface area contributed by atoms with Gasteiger partial charge in [0.05, 0.1) is 12.7 Å². The Morgan fingerprint density at radius 3 is 2.75 bits per heavy atom. The van der Waals surface area contributed by atoms with Gasteiger partial charge >= 0.3 is 0 Å². The Morgan fingerprint density at radius 2 is 2.00 bits per heavy atom. The molecule has 1 N–H and O–H groups in total. The Bertz CT molecular complexity index is 906. The van der Waals surface area contributed by atoms with Gasteiger partial charge in [-0.15, -0.1) is 0 Å². The molecule has 28 heavy (non-hydrogen) atoms. The van der Waals surface area contributed by atoms with E-state index in [1.54, 1.807) is 30.4 Å². The molecule has 2 aromatic rings. The number of pyridine rings is 1. The number of benzene rings is 1. The van der Waals surface area contributed by atoms with Gasteiger partial charge in [-0.2, -0.15) is 0 Å². The van der Waals surface area contributed by atoms with Crippen LogP contribution in [-0.2, 0) is 9.53 Å². The minimum Gasteiger partial charge on any atom is -0.371 e. The summed E-state index contributed by atoms with van der Waals surface area (Å²) in [5.41, 5.74) is 1.86. The first-order valence-corrected chi connectivity index (χ1v) is 8.99. The number of ether oxygens (including phenoxy) is 1. The second-order valence-corrected chi connectivity index (χ2v) is 6.78. The molecule has 2 aliphatic rings. The number of nitrogens with zero attached hydrogens (tertiary/aromatic N) is 3. The summed E-state index contributed by atoms with van der Waals surface area (Å²) in [6, 6.07) is 7.13. The monoisotopic (exact) mass is 386 g/mol. The van der Waals surface area contributed by atoms with Crippen LogP contribution in [0.4, 0.5) is 8.78 Å². The van der Waals surface area contributed by atoms with E-state index in [-0.39, 0.29) is 5.91 Å². The summed E-state index contributed by atoms with van der Waals surface area (Å²) in [5.74, 6) is -1.39. The summed E-state index contributed by atoms with van der Waals surface area (Å²) in [6.07, 6.45) is 3.92. The molecule has 4 rings (SSSR count). The van der Waals surface area contributed by atoms with Gasteiger partial charge in [-0.05, 0) is 18.2 Å². The van der Waals surface area contributed by atoms with E-state index in [0.29, 0.717) is 31.0 Å². The Kier molecular flexibility index (Phi) is 5.06. The zero-order valence-corrected chi connectivity index (χ0v) is 15.3. The summed E-state index contributed by atoms with van der Waals surface area (Å²) in [5, 5.41) is 3.37. The van der Waals surface area contributed by atoms with Crippen LogP contribution in [0.3, 0.4) is 0 Å². The number of amides is 1. The predicted molar refractivity (Wildman–Crippen MR) is 98.5 cm³/mol. The number of carbonyl (C=O) groups excluding carboxylic acids is 1. The first-order chi connectivity index (χ1) is 13.5. The third kappa shape index (κ3) is 3.61. The molecule has 8 heteroatoms. The Hall–Kier alpha value is -2.84. The average Bonchev–Trinajstić information content (AvgIpc) is 2.70. The number of likely N-dealkylation sites (N-methyl/N-ethyl adjacent to an activating group) is 1. The highest BCUT2D eigenvalue weighted by Crippen LogP contribution is 2.28. The van der Waals surface area contributed by atoms with E-state index in [1.807, 2.05) is 17.0 Å². The smallest absolute Gasteiger partial charge is 0.251 e. The highest BCUT2D eigenvalue weighted by molar-refractivity contribution is 5.96. The summed E-state index contributed by atoms with van der Waals surface area (Å²) in [6.45, 7) is 1.30. The molecular formula is C20H20F2N4O2. The summed E-state index contributed by atoms with van der Waals surface area (Å²) < 4.78 is 33.1. The normalized spacial score (nSPS) is 23.3. The van der Waals surface area contributed by atoms with E-state index in [2.05, 4.69) is 10.3 Å². The van der Waals surface area contributed by atoms with E-state index in [9.17, 15) is 13.6 Å². The van der Waals surface area contributed by atoms with Gasteiger partial charge in [0.15, 0.2) is 6.29 Å². The van der Waals surface area contributed by atoms with Crippen LogP contribution in [0.1, 0.15) is 17.2 Å². The fraction of sp³-hybridized carbons (Fsp3) is 0.300. The molecule has 2 aliphatic heterocycles. The van der Waals surface area contributed by atoms with Crippen LogP contribution < -0.4 is 5.32 Å². The molecule has 1 saturated heterocycles. The topological polar surface area (TPSA) is 57.7 Å². The lowest BCUT2D eigenvalue weighted by atomic mass is 10.1. The SMILES string of the molecule is CN1C(=O)C=C(c2ccncc2)N[C@@H]1N1CCOC(c2ccc(F)cc2F)C1. The molecule has 0 radical (unpaired) electrons. The van der Waals surface area contributed by atoms with Crippen molar-refractivity contribution in [3.05, 3.63) is 71.6 Å². The van der Waals surface area contributed by atoms with Crippen molar-refractivity contribution in [3.63, 3.8) is 0 Å². The third-order valence-electron chi connectivity index (χ3n) is 5.01. The van der Waals surface area contributed by atoms with Gasteiger partial charge in [0.25, 0.3) is 5.91 Å². The van der Waals surface area contributed by atoms with Gasteiger partial charge in [-0.25, -0.2) is 8.78 Å². The van der Waals surface area contributed by atoms with Gasteiger partial charge in [-0.1, -0.05) is 6.07 Å². The van der Waals surface area contributed by atoms with E-state index in [1.165, 1.54) is 12.1 Å². The van der Waals surface area contributed by atoms with Gasteiger partial charge in [-0.3, -0.25) is 14.7 Å². The van der Waals surface area contributed by atoms with E-state index >= 15 is 0 Å². The average molecular weight is 386 g/mol. The molecule has 3 heterocycles. The number of aromatic nitrogens is 1. The van der Waals surface area contributed by atoms with Gasteiger partial charge < -0.3 is 15.0 Å². The number of hydrogen-bond acceptors (Lipinski definition) is 5. The van der Waals surface area contributed by atoms with Crippen molar-refractivity contribution in [2.24, 2.45) is 0 Å². The van der Waals surface area contributed by atoms with Crippen molar-refractivity contribution in [1.29, 1.82) is 0 Å². The summed E-state index contributed by atoms with van der Waals surface area (Å²) in [7, 11) is 1.71. The molecule has 0 bridgehead atoms. The molecule has 6 nitrogen and oxygen atoms in total. The molecule has 1 fully saturated rings. The maximum Gasteiger partial charge on any atom is 0.251 e. The van der Waals surface area contributed by atoms with Crippen LogP contribution >= 0.6 is 0 Å². The molecular weight excluding hydrogens is 366 g/mol. The maximum absolute atomic E-state index is 14.2. The number of rotatable bonds is 3. The van der Waals surface area contributed by atoms with Crippen LogP contribution in [0.25, 0.3) is 5.70 Å². The fourth-order valence-corrected chi connectivity index (χ4v) is 3.50. The standard InChI is InChI=1S/C20H20F2N4O2/c1-25-19(27)11-17(13-4-6-23-7-5-13)24-20(25)26-8-9-28-18(12-26)15-3-2-14(21)10-16(15)22/h2-7,10-11,18,20,24H,8-9,12H2,1H3/t18?,20-/m0/s1. The minimum absolute atomic E-state index is 0.133. The molecule has 1 aromatic carbocycles. The zero-order valence-electron chi connectivity index (χ0n) is 15.3. The van der Waals surface area contributed by atoms with Crippen molar-refractivity contribution in [2.75, 3.05) is 26.7 Å². The number of carbonyl (C=O) groups is 1. The van der Waals surface area contributed by atoms with Crippen LogP contribution in [0.2, 0.25) is 0 Å². The lowest BCUT2D eigenvalue weighted by Crippen LogP contribution is -2.61. The number of morpholine rings is 1. The molecule has 1 aromatic heterocycles. The highest BCUT2D eigenvalue weighted by Gasteiger charge is 2.34. The number of halogens is 2. The lowest BCUT2D eigenvalue weighted by molar-refractivity contribution is -0.137. The van der Waals surface area contributed by atoms with Crippen molar-refractivity contribution in [2.45, 2.75) is 12.4 Å². The van der Waals surface area contributed by atoms with Crippen molar-refractivity contribution < 1.29 is 18.3 Å². The largest absolute Gasteiger partial charge is 0.371 e. The fourth-order valence-electron chi connectivity index (χ4n) is 3.50. The first kappa shape index (κ1) is 18.5. The van der Waals surface area contributed by atoms with Crippen LogP contribution in [0.5, 0.6) is 0 Å². The second kappa shape index (κ2) is 7.65. The third-order valence-corrected chi connectivity index (χ3v) is 5.01.